The minimum Gasteiger partial charge on any atom is -0.507 e. The Hall–Kier alpha value is -2.42. The first-order valence-electron chi connectivity index (χ1n) is 6.45. The van der Waals surface area contributed by atoms with Crippen molar-refractivity contribution < 1.29 is 14.7 Å². The van der Waals surface area contributed by atoms with Gasteiger partial charge in [0.1, 0.15) is 12.0 Å². The van der Waals surface area contributed by atoms with E-state index in [0.717, 1.165) is 11.1 Å². The molecule has 20 heavy (non-hydrogen) atoms. The maximum Gasteiger partial charge on any atom is 0.177 e. The molecule has 0 amide bonds. The summed E-state index contributed by atoms with van der Waals surface area (Å²) >= 11 is 0. The summed E-state index contributed by atoms with van der Waals surface area (Å²) in [5, 5.41) is 9.78. The van der Waals surface area contributed by atoms with Crippen LogP contribution in [-0.2, 0) is 11.2 Å². The van der Waals surface area contributed by atoms with Gasteiger partial charge in [-0.2, -0.15) is 0 Å². The van der Waals surface area contributed by atoms with Gasteiger partial charge in [0.2, 0.25) is 0 Å². The zero-order valence-electron chi connectivity index (χ0n) is 11.2. The molecule has 102 valence electrons. The molecule has 1 unspecified atom stereocenters. The van der Waals surface area contributed by atoms with Crippen molar-refractivity contribution in [1.82, 2.24) is 0 Å². The van der Waals surface area contributed by atoms with Crippen LogP contribution in [0.3, 0.4) is 0 Å². The second kappa shape index (κ2) is 6.15. The predicted octanol–water partition coefficient (Wildman–Crippen LogP) is 2.94. The molecule has 2 aromatic carbocycles. The van der Waals surface area contributed by atoms with Crippen LogP contribution in [0.2, 0.25) is 0 Å². The fourth-order valence-corrected chi connectivity index (χ4v) is 2.12. The summed E-state index contributed by atoms with van der Waals surface area (Å²) in [7, 11) is 0. The molecule has 0 heterocycles. The summed E-state index contributed by atoms with van der Waals surface area (Å²) in [5.41, 5.74) is 2.00. The van der Waals surface area contributed by atoms with Gasteiger partial charge in [-0.3, -0.25) is 4.79 Å². The molecule has 0 saturated heterocycles. The molecule has 3 heteroatoms. The Kier molecular flexibility index (Phi) is 4.31. The van der Waals surface area contributed by atoms with Gasteiger partial charge in [0, 0.05) is 0 Å². The van der Waals surface area contributed by atoms with Crippen LogP contribution in [0.15, 0.2) is 48.5 Å². The normalized spacial score (nSPS) is 11.8. The number of ketones is 1. The maximum atomic E-state index is 12.4. The Morgan fingerprint density at radius 3 is 2.55 bits per heavy atom. The van der Waals surface area contributed by atoms with Gasteiger partial charge >= 0.3 is 0 Å². The van der Waals surface area contributed by atoms with E-state index in [-0.39, 0.29) is 17.1 Å². The summed E-state index contributed by atoms with van der Waals surface area (Å²) < 4.78 is 0. The van der Waals surface area contributed by atoms with Crippen LogP contribution in [0.5, 0.6) is 5.75 Å². The van der Waals surface area contributed by atoms with Crippen molar-refractivity contribution in [1.29, 1.82) is 0 Å². The minimum absolute atomic E-state index is 0.0829. The fraction of sp³-hybridized carbons (Fsp3) is 0.176. The summed E-state index contributed by atoms with van der Waals surface area (Å²) in [6.45, 7) is 1.84. The van der Waals surface area contributed by atoms with Crippen LogP contribution in [0.1, 0.15) is 21.5 Å². The number of phenols is 1. The predicted molar refractivity (Wildman–Crippen MR) is 76.9 cm³/mol. The Morgan fingerprint density at radius 2 is 1.90 bits per heavy atom. The standard InChI is InChI=1S/C17H16O3/c1-12-7-8-16(19)15(9-12)17(20)14(11-18)10-13-5-3-2-4-6-13/h2-9,11,14,19H,10H2,1H3. The Balaban J connectivity index is 2.25. The number of carbonyl (C=O) groups is 2. The number of benzene rings is 2. The lowest BCUT2D eigenvalue weighted by molar-refractivity contribution is -0.109. The number of hydrogen-bond donors (Lipinski definition) is 1. The van der Waals surface area contributed by atoms with Gasteiger partial charge in [-0.15, -0.1) is 0 Å². The third-order valence-electron chi connectivity index (χ3n) is 3.22. The number of aromatic hydroxyl groups is 1. The Labute approximate surface area is 117 Å². The van der Waals surface area contributed by atoms with E-state index >= 15 is 0 Å². The molecule has 2 aromatic rings. The molecule has 3 nitrogen and oxygen atoms in total. The van der Waals surface area contributed by atoms with Crippen molar-refractivity contribution in [3.63, 3.8) is 0 Å². The summed E-state index contributed by atoms with van der Waals surface area (Å²) in [6, 6.07) is 14.2. The van der Waals surface area contributed by atoms with Crippen LogP contribution < -0.4 is 0 Å². The molecular weight excluding hydrogens is 252 g/mol. The molecule has 1 N–H and O–H groups in total. The van der Waals surface area contributed by atoms with E-state index in [9.17, 15) is 14.7 Å². The molecule has 0 aromatic heterocycles. The molecule has 0 fully saturated rings. The zero-order valence-corrected chi connectivity index (χ0v) is 11.2. The number of aldehydes is 1. The molecular formula is C17H16O3. The van der Waals surface area contributed by atoms with Crippen molar-refractivity contribution in [2.75, 3.05) is 0 Å². The van der Waals surface area contributed by atoms with E-state index in [4.69, 9.17) is 0 Å². The van der Waals surface area contributed by atoms with Crippen LogP contribution in [0, 0.1) is 12.8 Å². The van der Waals surface area contributed by atoms with Crippen LogP contribution in [0.4, 0.5) is 0 Å². The van der Waals surface area contributed by atoms with E-state index in [1.807, 2.05) is 37.3 Å². The molecule has 0 saturated carbocycles. The van der Waals surface area contributed by atoms with Gasteiger partial charge in [-0.25, -0.2) is 0 Å². The highest BCUT2D eigenvalue weighted by molar-refractivity contribution is 6.07. The minimum atomic E-state index is -0.773. The molecule has 0 aliphatic rings. The van der Waals surface area contributed by atoms with Gasteiger partial charge in [0.05, 0.1) is 11.5 Å². The molecule has 0 aliphatic carbocycles. The SMILES string of the molecule is Cc1ccc(O)c(C(=O)C(C=O)Cc2ccccc2)c1. The number of hydrogen-bond acceptors (Lipinski definition) is 3. The smallest absolute Gasteiger partial charge is 0.177 e. The highest BCUT2D eigenvalue weighted by Gasteiger charge is 2.22. The molecule has 0 radical (unpaired) electrons. The molecule has 2 rings (SSSR count). The lowest BCUT2D eigenvalue weighted by Gasteiger charge is -2.11. The number of phenolic OH excluding ortho intramolecular Hbond substituents is 1. The fourth-order valence-electron chi connectivity index (χ4n) is 2.12. The van der Waals surface area contributed by atoms with Crippen molar-refractivity contribution in [2.24, 2.45) is 5.92 Å². The zero-order chi connectivity index (χ0) is 14.5. The van der Waals surface area contributed by atoms with E-state index < -0.39 is 5.92 Å². The van der Waals surface area contributed by atoms with E-state index in [1.54, 1.807) is 12.1 Å². The topological polar surface area (TPSA) is 54.4 Å². The van der Waals surface area contributed by atoms with E-state index in [2.05, 4.69) is 0 Å². The first-order valence-corrected chi connectivity index (χ1v) is 6.45. The Bertz CT molecular complexity index is 617. The van der Waals surface area contributed by atoms with Gasteiger partial charge in [0.25, 0.3) is 0 Å². The van der Waals surface area contributed by atoms with E-state index in [1.165, 1.54) is 6.07 Å². The second-order valence-corrected chi connectivity index (χ2v) is 4.82. The third-order valence-corrected chi connectivity index (χ3v) is 3.22. The summed E-state index contributed by atoms with van der Waals surface area (Å²) in [4.78, 5) is 23.6. The lowest BCUT2D eigenvalue weighted by Crippen LogP contribution is -2.19. The molecule has 0 aliphatic heterocycles. The van der Waals surface area contributed by atoms with Gasteiger partial charge in [-0.1, -0.05) is 42.0 Å². The van der Waals surface area contributed by atoms with Crippen LogP contribution in [-0.4, -0.2) is 17.2 Å². The van der Waals surface area contributed by atoms with Crippen molar-refractivity contribution >= 4 is 12.1 Å². The number of aryl methyl sites for hydroxylation is 1. The highest BCUT2D eigenvalue weighted by atomic mass is 16.3. The second-order valence-electron chi connectivity index (χ2n) is 4.82. The van der Waals surface area contributed by atoms with Crippen molar-refractivity contribution in [3.8, 4) is 5.75 Å². The number of rotatable bonds is 5. The van der Waals surface area contributed by atoms with Crippen molar-refractivity contribution in [3.05, 3.63) is 65.2 Å². The average Bonchev–Trinajstić information content (AvgIpc) is 2.47. The average molecular weight is 268 g/mol. The lowest BCUT2D eigenvalue weighted by atomic mass is 9.91. The molecule has 0 spiro atoms. The van der Waals surface area contributed by atoms with Gasteiger partial charge in [0.15, 0.2) is 5.78 Å². The van der Waals surface area contributed by atoms with Crippen LogP contribution in [0.25, 0.3) is 0 Å². The number of carbonyl (C=O) groups excluding carboxylic acids is 2. The first-order chi connectivity index (χ1) is 9.61. The monoisotopic (exact) mass is 268 g/mol. The van der Waals surface area contributed by atoms with E-state index in [0.29, 0.717) is 12.7 Å². The van der Waals surface area contributed by atoms with Gasteiger partial charge in [-0.05, 0) is 31.0 Å². The molecule has 1 atom stereocenters. The largest absolute Gasteiger partial charge is 0.507 e. The first kappa shape index (κ1) is 14.0. The summed E-state index contributed by atoms with van der Waals surface area (Å²) in [6.07, 6.45) is 0.994. The third kappa shape index (κ3) is 3.12. The van der Waals surface area contributed by atoms with Crippen LogP contribution >= 0.6 is 0 Å². The maximum absolute atomic E-state index is 12.4. The summed E-state index contributed by atoms with van der Waals surface area (Å²) in [5.74, 6) is -1.20. The van der Waals surface area contributed by atoms with Crippen molar-refractivity contribution in [2.45, 2.75) is 13.3 Å². The molecule has 0 bridgehead atoms. The highest BCUT2D eigenvalue weighted by Crippen LogP contribution is 2.22. The Morgan fingerprint density at radius 1 is 1.20 bits per heavy atom. The number of Topliss-reactive ketones (excluding diaryl/α,β-unsaturated/α-hetero) is 1. The van der Waals surface area contributed by atoms with Gasteiger partial charge < -0.3 is 9.90 Å². The quantitative estimate of drug-likeness (QED) is 0.515.